The van der Waals surface area contributed by atoms with Crippen molar-refractivity contribution < 1.29 is 4.79 Å². The quantitative estimate of drug-likeness (QED) is 0.746. The highest BCUT2D eigenvalue weighted by molar-refractivity contribution is 7.16. The topological polar surface area (TPSA) is 90.0 Å². The molecule has 0 fully saturated rings. The van der Waals surface area contributed by atoms with E-state index in [-0.39, 0.29) is 6.03 Å². The standard InChI is InChI=1S/C15H17N7OS/c1-8-16-12(9-4-5-24-14(9)17-8)18-13-10-6-22(15(23)21(2)3)7-11(10)19-20-13/h4-5H,6-7H2,1-3H3,(H2,16,17,18,19,20). The number of fused-ring (bicyclic) bond motifs is 2. The van der Waals surface area contributed by atoms with Gasteiger partial charge in [-0.15, -0.1) is 11.3 Å². The molecule has 0 saturated carbocycles. The van der Waals surface area contributed by atoms with Crippen LogP contribution in [0.1, 0.15) is 17.1 Å². The number of urea groups is 1. The molecule has 3 aromatic rings. The third-order valence-corrected chi connectivity index (χ3v) is 4.78. The summed E-state index contributed by atoms with van der Waals surface area (Å²) in [6.07, 6.45) is 0. The van der Waals surface area contributed by atoms with E-state index in [1.807, 2.05) is 18.4 Å². The van der Waals surface area contributed by atoms with E-state index in [0.29, 0.717) is 24.7 Å². The van der Waals surface area contributed by atoms with E-state index in [0.717, 1.165) is 27.3 Å². The number of aromatic amines is 1. The van der Waals surface area contributed by atoms with E-state index >= 15 is 0 Å². The number of hydrogen-bond donors (Lipinski definition) is 2. The number of hydrogen-bond acceptors (Lipinski definition) is 6. The van der Waals surface area contributed by atoms with Crippen LogP contribution >= 0.6 is 11.3 Å². The molecule has 0 spiro atoms. The van der Waals surface area contributed by atoms with E-state index in [9.17, 15) is 4.79 Å². The SMILES string of the molecule is Cc1nc(Nc2n[nH]c3c2CN(C(=O)N(C)C)C3)c2ccsc2n1. The number of nitrogens with one attached hydrogen (secondary N) is 2. The van der Waals surface area contributed by atoms with Gasteiger partial charge in [0.15, 0.2) is 5.82 Å². The van der Waals surface area contributed by atoms with Gasteiger partial charge in [-0.25, -0.2) is 14.8 Å². The predicted octanol–water partition coefficient (Wildman–Crippen LogP) is 2.46. The number of H-pyrrole nitrogens is 1. The molecule has 2 amide bonds. The molecular formula is C15H17N7OS. The summed E-state index contributed by atoms with van der Waals surface area (Å²) in [4.78, 5) is 25.4. The normalized spacial score (nSPS) is 13.4. The Labute approximate surface area is 142 Å². The molecule has 9 heteroatoms. The minimum atomic E-state index is -0.0105. The van der Waals surface area contributed by atoms with Gasteiger partial charge in [0, 0.05) is 19.7 Å². The number of aromatic nitrogens is 4. The van der Waals surface area contributed by atoms with Crippen molar-refractivity contribution in [2.75, 3.05) is 19.4 Å². The highest BCUT2D eigenvalue weighted by Gasteiger charge is 2.29. The summed E-state index contributed by atoms with van der Waals surface area (Å²) >= 11 is 1.58. The number of nitrogens with zero attached hydrogens (tertiary/aromatic N) is 5. The van der Waals surface area contributed by atoms with Gasteiger partial charge in [0.25, 0.3) is 0 Å². The first-order valence-corrected chi connectivity index (χ1v) is 8.42. The van der Waals surface area contributed by atoms with Crippen molar-refractivity contribution >= 4 is 39.2 Å². The van der Waals surface area contributed by atoms with Crippen LogP contribution in [0, 0.1) is 6.92 Å². The van der Waals surface area contributed by atoms with Gasteiger partial charge in [0.05, 0.1) is 24.2 Å². The Morgan fingerprint density at radius 2 is 2.17 bits per heavy atom. The molecule has 3 aromatic heterocycles. The average molecular weight is 343 g/mol. The molecule has 4 heterocycles. The highest BCUT2D eigenvalue weighted by atomic mass is 32.1. The van der Waals surface area contributed by atoms with Crippen LogP contribution in [0.4, 0.5) is 16.4 Å². The molecule has 1 aliphatic rings. The van der Waals surface area contributed by atoms with Crippen LogP contribution in [0.5, 0.6) is 0 Å². The van der Waals surface area contributed by atoms with E-state index in [1.54, 1.807) is 35.2 Å². The van der Waals surface area contributed by atoms with Gasteiger partial charge < -0.3 is 15.1 Å². The zero-order chi connectivity index (χ0) is 16.8. The van der Waals surface area contributed by atoms with Crippen molar-refractivity contribution in [3.63, 3.8) is 0 Å². The first-order chi connectivity index (χ1) is 11.5. The average Bonchev–Trinajstić information content (AvgIpc) is 3.22. The van der Waals surface area contributed by atoms with Gasteiger partial charge in [0.2, 0.25) is 0 Å². The second-order valence-corrected chi connectivity index (χ2v) is 6.84. The zero-order valence-electron chi connectivity index (χ0n) is 13.6. The maximum Gasteiger partial charge on any atom is 0.320 e. The Morgan fingerprint density at radius 3 is 2.96 bits per heavy atom. The van der Waals surface area contributed by atoms with Crippen molar-refractivity contribution in [1.29, 1.82) is 0 Å². The van der Waals surface area contributed by atoms with Gasteiger partial charge in [-0.1, -0.05) is 0 Å². The lowest BCUT2D eigenvalue weighted by molar-refractivity contribution is 0.171. The lowest BCUT2D eigenvalue weighted by Crippen LogP contribution is -2.35. The van der Waals surface area contributed by atoms with Crippen LogP contribution in [-0.4, -0.2) is 50.1 Å². The number of carbonyl (C=O) groups is 1. The molecule has 8 nitrogen and oxygen atoms in total. The Bertz CT molecular complexity index is 929. The zero-order valence-corrected chi connectivity index (χ0v) is 14.4. The Kier molecular flexibility index (Phi) is 3.38. The summed E-state index contributed by atoms with van der Waals surface area (Å²) in [5.41, 5.74) is 1.96. The maximum absolute atomic E-state index is 12.1. The number of carbonyl (C=O) groups excluding carboxylic acids is 1. The number of aryl methyl sites for hydroxylation is 1. The van der Waals surface area contributed by atoms with E-state index in [4.69, 9.17) is 0 Å². The summed E-state index contributed by atoms with van der Waals surface area (Å²) < 4.78 is 0. The smallest absolute Gasteiger partial charge is 0.320 e. The van der Waals surface area contributed by atoms with Gasteiger partial charge >= 0.3 is 6.03 Å². The van der Waals surface area contributed by atoms with Crippen LogP contribution in [0.3, 0.4) is 0 Å². The molecule has 0 saturated heterocycles. The van der Waals surface area contributed by atoms with Crippen molar-refractivity contribution in [3.8, 4) is 0 Å². The lowest BCUT2D eigenvalue weighted by atomic mass is 10.2. The first kappa shape index (κ1) is 14.9. The van der Waals surface area contributed by atoms with Crippen LogP contribution in [0.15, 0.2) is 11.4 Å². The molecule has 0 aromatic carbocycles. The van der Waals surface area contributed by atoms with Gasteiger partial charge in [-0.05, 0) is 18.4 Å². The number of thiophene rings is 1. The Balaban J connectivity index is 1.64. The highest BCUT2D eigenvalue weighted by Crippen LogP contribution is 2.32. The van der Waals surface area contributed by atoms with Crippen LogP contribution < -0.4 is 5.32 Å². The predicted molar refractivity (Wildman–Crippen MR) is 92.4 cm³/mol. The summed E-state index contributed by atoms with van der Waals surface area (Å²) in [5, 5.41) is 13.6. The number of rotatable bonds is 2. The Hall–Kier alpha value is -2.68. The van der Waals surface area contributed by atoms with E-state index < -0.39 is 0 Å². The largest absolute Gasteiger partial charge is 0.331 e. The number of amides is 2. The molecule has 4 rings (SSSR count). The molecule has 24 heavy (non-hydrogen) atoms. The molecule has 0 bridgehead atoms. The first-order valence-electron chi connectivity index (χ1n) is 7.54. The summed E-state index contributed by atoms with van der Waals surface area (Å²) in [6.45, 7) is 2.94. The fraction of sp³-hybridized carbons (Fsp3) is 0.333. The van der Waals surface area contributed by atoms with Crippen LogP contribution in [-0.2, 0) is 13.1 Å². The van der Waals surface area contributed by atoms with Crippen molar-refractivity contribution in [2.24, 2.45) is 0 Å². The van der Waals surface area contributed by atoms with Crippen LogP contribution in [0.2, 0.25) is 0 Å². The lowest BCUT2D eigenvalue weighted by Gasteiger charge is -2.20. The Morgan fingerprint density at radius 1 is 1.33 bits per heavy atom. The summed E-state index contributed by atoms with van der Waals surface area (Å²) in [6, 6.07) is 1.99. The molecular weight excluding hydrogens is 326 g/mol. The van der Waals surface area contributed by atoms with Crippen molar-refractivity contribution in [3.05, 3.63) is 28.5 Å². The molecule has 1 aliphatic heterocycles. The number of anilines is 2. The van der Waals surface area contributed by atoms with Crippen molar-refractivity contribution in [2.45, 2.75) is 20.0 Å². The van der Waals surface area contributed by atoms with Gasteiger partial charge in [0.1, 0.15) is 16.5 Å². The van der Waals surface area contributed by atoms with Crippen LogP contribution in [0.25, 0.3) is 10.2 Å². The second-order valence-electron chi connectivity index (χ2n) is 5.95. The monoisotopic (exact) mass is 343 g/mol. The third kappa shape index (κ3) is 2.37. The molecule has 2 N–H and O–H groups in total. The minimum Gasteiger partial charge on any atom is -0.331 e. The molecule has 0 aliphatic carbocycles. The van der Waals surface area contributed by atoms with Gasteiger partial charge in [-0.3, -0.25) is 5.10 Å². The maximum atomic E-state index is 12.1. The molecule has 124 valence electrons. The van der Waals surface area contributed by atoms with E-state index in [2.05, 4.69) is 25.5 Å². The third-order valence-electron chi connectivity index (χ3n) is 3.98. The van der Waals surface area contributed by atoms with Gasteiger partial charge in [-0.2, -0.15) is 5.10 Å². The fourth-order valence-corrected chi connectivity index (χ4v) is 3.64. The summed E-state index contributed by atoms with van der Waals surface area (Å²) in [5.74, 6) is 2.17. The molecule has 0 atom stereocenters. The van der Waals surface area contributed by atoms with E-state index in [1.165, 1.54) is 0 Å². The second kappa shape index (κ2) is 5.45. The molecule has 0 unspecified atom stereocenters. The van der Waals surface area contributed by atoms with Crippen molar-refractivity contribution in [1.82, 2.24) is 30.0 Å². The summed E-state index contributed by atoms with van der Waals surface area (Å²) in [7, 11) is 3.51. The fourth-order valence-electron chi connectivity index (χ4n) is 2.83. The minimum absolute atomic E-state index is 0.0105. The molecule has 0 radical (unpaired) electrons.